The minimum atomic E-state index is -0.243. The Labute approximate surface area is 150 Å². The fourth-order valence-electron chi connectivity index (χ4n) is 2.70. The van der Waals surface area contributed by atoms with Crippen LogP contribution in [0.25, 0.3) is 16.9 Å². The van der Waals surface area contributed by atoms with Crippen LogP contribution < -0.4 is 10.1 Å². The molecule has 0 radical (unpaired) electrons. The number of hydrogen-bond acceptors (Lipinski definition) is 4. The van der Waals surface area contributed by atoms with Gasteiger partial charge in [-0.05, 0) is 48.5 Å². The molecule has 0 atom stereocenters. The molecule has 6 heteroatoms. The number of amides is 1. The average Bonchev–Trinajstić information content (AvgIpc) is 3.11. The van der Waals surface area contributed by atoms with Gasteiger partial charge in [-0.25, -0.2) is 4.52 Å². The third kappa shape index (κ3) is 3.00. The molecule has 1 amide bonds. The predicted octanol–water partition coefficient (Wildman–Crippen LogP) is 3.66. The van der Waals surface area contributed by atoms with Crippen molar-refractivity contribution in [3.8, 4) is 17.0 Å². The number of hydrogen-bond donors (Lipinski definition) is 1. The van der Waals surface area contributed by atoms with Gasteiger partial charge >= 0.3 is 0 Å². The van der Waals surface area contributed by atoms with Gasteiger partial charge in [-0.2, -0.15) is 4.98 Å². The van der Waals surface area contributed by atoms with Gasteiger partial charge in [0.25, 0.3) is 5.91 Å². The molecule has 0 aliphatic heterocycles. The molecule has 0 saturated heterocycles. The Morgan fingerprint density at radius 2 is 1.73 bits per heavy atom. The number of rotatable bonds is 4. The third-order valence-electron chi connectivity index (χ3n) is 4.01. The number of carbonyl (C=O) groups excluding carboxylic acids is 1. The second-order valence-corrected chi connectivity index (χ2v) is 5.67. The topological polar surface area (TPSA) is 68.5 Å². The Hall–Kier alpha value is -3.67. The van der Waals surface area contributed by atoms with Crippen molar-refractivity contribution in [2.75, 3.05) is 12.4 Å². The Balaban J connectivity index is 1.68. The number of benzene rings is 2. The summed E-state index contributed by atoms with van der Waals surface area (Å²) in [4.78, 5) is 16.7. The van der Waals surface area contributed by atoms with Gasteiger partial charge in [0, 0.05) is 11.1 Å². The minimum Gasteiger partial charge on any atom is -0.497 e. The molecule has 1 N–H and O–H groups in total. The van der Waals surface area contributed by atoms with Gasteiger partial charge in [-0.3, -0.25) is 10.1 Å². The van der Waals surface area contributed by atoms with Crippen LogP contribution in [0.1, 0.15) is 10.4 Å². The highest BCUT2D eigenvalue weighted by molar-refractivity contribution is 6.03. The van der Waals surface area contributed by atoms with E-state index in [9.17, 15) is 4.79 Å². The quantitative estimate of drug-likeness (QED) is 0.613. The fourth-order valence-corrected chi connectivity index (χ4v) is 2.70. The van der Waals surface area contributed by atoms with Gasteiger partial charge < -0.3 is 4.74 Å². The second-order valence-electron chi connectivity index (χ2n) is 5.67. The first kappa shape index (κ1) is 15.8. The smallest absolute Gasteiger partial charge is 0.258 e. The number of pyridine rings is 1. The van der Waals surface area contributed by atoms with Crippen molar-refractivity contribution in [3.63, 3.8) is 0 Å². The molecule has 6 nitrogen and oxygen atoms in total. The van der Waals surface area contributed by atoms with Crippen LogP contribution in [0, 0.1) is 0 Å². The predicted molar refractivity (Wildman–Crippen MR) is 99.4 cm³/mol. The van der Waals surface area contributed by atoms with E-state index in [2.05, 4.69) is 15.4 Å². The molecule has 4 aromatic rings. The van der Waals surface area contributed by atoms with Crippen molar-refractivity contribution in [1.29, 1.82) is 0 Å². The van der Waals surface area contributed by atoms with Gasteiger partial charge in [0.05, 0.1) is 12.8 Å². The summed E-state index contributed by atoms with van der Waals surface area (Å²) in [7, 11) is 1.63. The fraction of sp³-hybridized carbons (Fsp3) is 0.0500. The Bertz CT molecular complexity index is 1060. The van der Waals surface area contributed by atoms with Crippen LogP contribution in [0.2, 0.25) is 0 Å². The molecule has 128 valence electrons. The van der Waals surface area contributed by atoms with Crippen molar-refractivity contribution >= 4 is 17.5 Å². The first-order valence-corrected chi connectivity index (χ1v) is 8.11. The normalized spacial score (nSPS) is 10.7. The molecule has 4 rings (SSSR count). The Morgan fingerprint density at radius 1 is 0.962 bits per heavy atom. The van der Waals surface area contributed by atoms with Crippen LogP contribution in [0.15, 0.2) is 72.8 Å². The van der Waals surface area contributed by atoms with E-state index in [4.69, 9.17) is 4.74 Å². The lowest BCUT2D eigenvalue weighted by molar-refractivity contribution is 0.102. The number of nitrogens with one attached hydrogen (secondary N) is 1. The lowest BCUT2D eigenvalue weighted by atomic mass is 10.1. The summed E-state index contributed by atoms with van der Waals surface area (Å²) in [6, 6.07) is 22.4. The zero-order valence-corrected chi connectivity index (χ0v) is 14.1. The van der Waals surface area contributed by atoms with Gasteiger partial charge in [-0.15, -0.1) is 5.10 Å². The maximum absolute atomic E-state index is 12.3. The molecular weight excluding hydrogens is 328 g/mol. The summed E-state index contributed by atoms with van der Waals surface area (Å²) in [5, 5.41) is 7.18. The van der Waals surface area contributed by atoms with Crippen molar-refractivity contribution in [3.05, 3.63) is 78.4 Å². The van der Waals surface area contributed by atoms with E-state index in [0.29, 0.717) is 11.2 Å². The zero-order chi connectivity index (χ0) is 17.9. The van der Waals surface area contributed by atoms with Crippen LogP contribution in [-0.2, 0) is 0 Å². The average molecular weight is 344 g/mol. The second kappa shape index (κ2) is 6.68. The van der Waals surface area contributed by atoms with E-state index in [0.717, 1.165) is 17.0 Å². The molecule has 0 saturated carbocycles. The molecular formula is C20H16N4O2. The van der Waals surface area contributed by atoms with E-state index in [-0.39, 0.29) is 11.9 Å². The van der Waals surface area contributed by atoms with Gasteiger partial charge in [0.15, 0.2) is 5.65 Å². The summed E-state index contributed by atoms with van der Waals surface area (Å²) in [5.74, 6) is 0.808. The van der Waals surface area contributed by atoms with Gasteiger partial charge in [-0.1, -0.05) is 24.3 Å². The van der Waals surface area contributed by atoms with E-state index in [1.54, 1.807) is 23.8 Å². The van der Waals surface area contributed by atoms with Gasteiger partial charge in [0.1, 0.15) is 5.75 Å². The van der Waals surface area contributed by atoms with Crippen molar-refractivity contribution in [2.24, 2.45) is 0 Å². The molecule has 2 aromatic carbocycles. The van der Waals surface area contributed by atoms with Gasteiger partial charge in [0.2, 0.25) is 5.95 Å². The molecule has 0 aliphatic carbocycles. The molecule has 0 aliphatic rings. The minimum absolute atomic E-state index is 0.243. The number of anilines is 1. The molecule has 0 unspecified atom stereocenters. The van der Waals surface area contributed by atoms with Crippen LogP contribution in [0.3, 0.4) is 0 Å². The summed E-state index contributed by atoms with van der Waals surface area (Å²) in [6.45, 7) is 0. The van der Waals surface area contributed by atoms with E-state index in [1.807, 2.05) is 60.7 Å². The molecule has 26 heavy (non-hydrogen) atoms. The van der Waals surface area contributed by atoms with Crippen molar-refractivity contribution < 1.29 is 9.53 Å². The number of methoxy groups -OCH3 is 1. The molecule has 2 heterocycles. The summed E-state index contributed by atoms with van der Waals surface area (Å²) in [6.07, 6.45) is 0. The molecule has 0 fully saturated rings. The molecule has 0 spiro atoms. The van der Waals surface area contributed by atoms with Crippen LogP contribution in [0.4, 0.5) is 5.95 Å². The maximum Gasteiger partial charge on any atom is 0.258 e. The van der Waals surface area contributed by atoms with E-state index in [1.165, 1.54) is 0 Å². The third-order valence-corrected chi connectivity index (χ3v) is 4.01. The van der Waals surface area contributed by atoms with E-state index < -0.39 is 0 Å². The summed E-state index contributed by atoms with van der Waals surface area (Å²) < 4.78 is 6.91. The number of carbonyl (C=O) groups is 1. The number of fused-ring (bicyclic) bond motifs is 1. The lowest BCUT2D eigenvalue weighted by Crippen LogP contribution is -2.12. The van der Waals surface area contributed by atoms with Crippen LogP contribution >= 0.6 is 0 Å². The van der Waals surface area contributed by atoms with Crippen LogP contribution in [-0.4, -0.2) is 27.6 Å². The highest BCUT2D eigenvalue weighted by atomic mass is 16.5. The SMILES string of the molecule is COc1ccc(-c2cccc3nc(NC(=O)c4ccccc4)nn23)cc1. The Kier molecular flexibility index (Phi) is 4.07. The summed E-state index contributed by atoms with van der Waals surface area (Å²) in [5.41, 5.74) is 3.06. The number of nitrogens with zero attached hydrogens (tertiary/aromatic N) is 3. The maximum atomic E-state index is 12.3. The summed E-state index contributed by atoms with van der Waals surface area (Å²) >= 11 is 0. The lowest BCUT2D eigenvalue weighted by Gasteiger charge is -2.05. The van der Waals surface area contributed by atoms with Crippen LogP contribution in [0.5, 0.6) is 5.75 Å². The standard InChI is InChI=1S/C20H16N4O2/c1-26-16-12-10-14(11-13-16)17-8-5-9-18-21-20(23-24(17)18)22-19(25)15-6-3-2-4-7-15/h2-13H,1H3,(H,22,23,25). The highest BCUT2D eigenvalue weighted by Crippen LogP contribution is 2.23. The van der Waals surface area contributed by atoms with E-state index >= 15 is 0 Å². The monoisotopic (exact) mass is 344 g/mol. The molecule has 2 aromatic heterocycles. The first-order chi connectivity index (χ1) is 12.7. The number of ether oxygens (including phenoxy) is 1. The van der Waals surface area contributed by atoms with Crippen molar-refractivity contribution in [1.82, 2.24) is 14.6 Å². The Morgan fingerprint density at radius 3 is 2.46 bits per heavy atom. The number of aromatic nitrogens is 3. The first-order valence-electron chi connectivity index (χ1n) is 8.11. The highest BCUT2D eigenvalue weighted by Gasteiger charge is 2.12. The molecule has 0 bridgehead atoms. The largest absolute Gasteiger partial charge is 0.497 e. The van der Waals surface area contributed by atoms with Crippen molar-refractivity contribution in [2.45, 2.75) is 0 Å². The zero-order valence-electron chi connectivity index (χ0n) is 14.1.